The fourth-order valence-corrected chi connectivity index (χ4v) is 2.93. The first-order valence-electron chi connectivity index (χ1n) is 8.96. The van der Waals surface area contributed by atoms with E-state index < -0.39 is 0 Å². The van der Waals surface area contributed by atoms with E-state index in [1.54, 1.807) is 0 Å². The Morgan fingerprint density at radius 2 is 1.93 bits per heavy atom. The first kappa shape index (κ1) is 20.2. The number of allylic oxidation sites excluding steroid dienone is 5. The minimum atomic E-state index is 0.262. The summed E-state index contributed by atoms with van der Waals surface area (Å²) in [6.07, 6.45) is 5.92. The standard InChI is InChI=1S/C23H28N4/c1-7-19(14-13-16(2)3)22-21(18(5)24)23(25-6)27(26-22)15-17(4)20-11-9-8-10-12-20/h7-14,17H,2,5-6,15,24H2,1,3-4H3/b14-13-,19-7+. The average Bonchev–Trinajstić information content (AvgIpc) is 3.01. The van der Waals surface area contributed by atoms with Crippen LogP contribution in [-0.2, 0) is 6.54 Å². The lowest BCUT2D eigenvalue weighted by molar-refractivity contribution is 0.546. The summed E-state index contributed by atoms with van der Waals surface area (Å²) in [6.45, 7) is 18.3. The summed E-state index contributed by atoms with van der Waals surface area (Å²) in [5, 5.41) is 4.81. The Morgan fingerprint density at radius 1 is 1.26 bits per heavy atom. The molecular weight excluding hydrogens is 332 g/mol. The molecule has 4 heteroatoms. The van der Waals surface area contributed by atoms with Crippen LogP contribution in [0.3, 0.4) is 0 Å². The maximum atomic E-state index is 6.09. The molecule has 2 aromatic rings. The van der Waals surface area contributed by atoms with Crippen molar-refractivity contribution in [3.05, 3.63) is 84.1 Å². The van der Waals surface area contributed by atoms with Crippen molar-refractivity contribution in [2.75, 3.05) is 0 Å². The van der Waals surface area contributed by atoms with Gasteiger partial charge in [-0.3, -0.25) is 0 Å². The molecule has 4 nitrogen and oxygen atoms in total. The molecule has 2 N–H and O–H groups in total. The molecule has 140 valence electrons. The van der Waals surface area contributed by atoms with Gasteiger partial charge in [0.05, 0.1) is 5.56 Å². The number of benzene rings is 1. The Kier molecular flexibility index (Phi) is 6.72. The fourth-order valence-electron chi connectivity index (χ4n) is 2.93. The Labute approximate surface area is 162 Å². The van der Waals surface area contributed by atoms with Crippen LogP contribution >= 0.6 is 0 Å². The SMILES string of the molecule is C=Nc1c(C(=C)N)c(C(/C=C\C(=C)C)=C/C)nn1CC(C)c1ccccc1. The highest BCUT2D eigenvalue weighted by atomic mass is 15.3. The lowest BCUT2D eigenvalue weighted by Gasteiger charge is -2.13. The van der Waals surface area contributed by atoms with Crippen LogP contribution in [0.4, 0.5) is 5.82 Å². The van der Waals surface area contributed by atoms with E-state index in [1.807, 2.05) is 55.0 Å². The van der Waals surface area contributed by atoms with Crippen molar-refractivity contribution in [2.45, 2.75) is 33.2 Å². The lowest BCUT2D eigenvalue weighted by Crippen LogP contribution is -2.08. The van der Waals surface area contributed by atoms with Crippen molar-refractivity contribution in [3.8, 4) is 0 Å². The van der Waals surface area contributed by atoms with E-state index in [-0.39, 0.29) is 5.92 Å². The lowest BCUT2D eigenvalue weighted by atomic mass is 10.0. The minimum absolute atomic E-state index is 0.262. The van der Waals surface area contributed by atoms with Gasteiger partial charge in [0, 0.05) is 18.2 Å². The quantitative estimate of drug-likeness (QED) is 0.500. The van der Waals surface area contributed by atoms with Crippen LogP contribution in [0.15, 0.2) is 72.3 Å². The van der Waals surface area contributed by atoms with Gasteiger partial charge in [0.1, 0.15) is 5.69 Å². The van der Waals surface area contributed by atoms with Gasteiger partial charge in [-0.25, -0.2) is 9.67 Å². The molecule has 27 heavy (non-hydrogen) atoms. The molecule has 1 heterocycles. The minimum Gasteiger partial charge on any atom is -0.399 e. The van der Waals surface area contributed by atoms with Gasteiger partial charge in [0.25, 0.3) is 0 Å². The zero-order chi connectivity index (χ0) is 20.0. The Balaban J connectivity index is 2.52. The summed E-state index contributed by atoms with van der Waals surface area (Å²) in [5.74, 6) is 0.904. The third kappa shape index (κ3) is 4.73. The maximum Gasteiger partial charge on any atom is 0.159 e. The van der Waals surface area contributed by atoms with Gasteiger partial charge in [-0.2, -0.15) is 5.10 Å². The summed E-state index contributed by atoms with van der Waals surface area (Å²) < 4.78 is 1.87. The molecule has 1 aromatic carbocycles. The van der Waals surface area contributed by atoms with E-state index in [2.05, 4.69) is 43.9 Å². The van der Waals surface area contributed by atoms with Crippen molar-refractivity contribution >= 4 is 23.8 Å². The van der Waals surface area contributed by atoms with Crippen molar-refractivity contribution < 1.29 is 0 Å². The number of aromatic nitrogens is 2. The van der Waals surface area contributed by atoms with Gasteiger partial charge in [-0.15, -0.1) is 0 Å². The van der Waals surface area contributed by atoms with Gasteiger partial charge in [-0.1, -0.05) is 74.2 Å². The molecule has 0 fully saturated rings. The zero-order valence-corrected chi connectivity index (χ0v) is 16.4. The van der Waals surface area contributed by atoms with Gasteiger partial charge in [0.15, 0.2) is 5.82 Å². The molecule has 1 unspecified atom stereocenters. The number of aliphatic imine (C=N–C) groups is 1. The summed E-state index contributed by atoms with van der Waals surface area (Å²) >= 11 is 0. The van der Waals surface area contributed by atoms with Crippen LogP contribution in [0.2, 0.25) is 0 Å². The highest BCUT2D eigenvalue weighted by Gasteiger charge is 2.21. The van der Waals surface area contributed by atoms with E-state index in [4.69, 9.17) is 10.8 Å². The molecule has 0 saturated heterocycles. The van der Waals surface area contributed by atoms with Crippen molar-refractivity contribution in [1.29, 1.82) is 0 Å². The molecule has 0 radical (unpaired) electrons. The van der Waals surface area contributed by atoms with Gasteiger partial charge in [0.2, 0.25) is 0 Å². The second-order valence-corrected chi connectivity index (χ2v) is 6.65. The molecule has 2 rings (SSSR count). The molecule has 1 aromatic heterocycles. The Morgan fingerprint density at radius 3 is 2.44 bits per heavy atom. The smallest absolute Gasteiger partial charge is 0.159 e. The van der Waals surface area contributed by atoms with Gasteiger partial charge >= 0.3 is 0 Å². The van der Waals surface area contributed by atoms with Crippen LogP contribution in [0.1, 0.15) is 43.5 Å². The predicted molar refractivity (Wildman–Crippen MR) is 117 cm³/mol. The maximum absolute atomic E-state index is 6.09. The highest BCUT2D eigenvalue weighted by Crippen LogP contribution is 2.33. The summed E-state index contributed by atoms with van der Waals surface area (Å²) in [7, 11) is 0. The fraction of sp³-hybridized carbons (Fsp3) is 0.217. The Hall–Kier alpha value is -3.14. The third-order valence-corrected chi connectivity index (χ3v) is 4.34. The largest absolute Gasteiger partial charge is 0.399 e. The normalized spacial score (nSPS) is 12.9. The topological polar surface area (TPSA) is 56.2 Å². The van der Waals surface area contributed by atoms with Crippen molar-refractivity contribution in [3.63, 3.8) is 0 Å². The number of nitrogens with two attached hydrogens (primary N) is 1. The molecule has 0 aliphatic rings. The van der Waals surface area contributed by atoms with Crippen LogP contribution in [0.25, 0.3) is 11.3 Å². The number of hydrogen-bond acceptors (Lipinski definition) is 3. The van der Waals surface area contributed by atoms with E-state index in [0.717, 1.165) is 22.4 Å². The van der Waals surface area contributed by atoms with Crippen LogP contribution in [0.5, 0.6) is 0 Å². The molecule has 0 aliphatic heterocycles. The number of hydrogen-bond donors (Lipinski definition) is 1. The highest BCUT2D eigenvalue weighted by molar-refractivity contribution is 5.85. The summed E-state index contributed by atoms with van der Waals surface area (Å²) in [6, 6.07) is 10.3. The first-order chi connectivity index (χ1) is 12.9. The molecule has 0 amide bonds. The monoisotopic (exact) mass is 360 g/mol. The van der Waals surface area contributed by atoms with E-state index >= 15 is 0 Å². The predicted octanol–water partition coefficient (Wildman–Crippen LogP) is 5.48. The molecule has 0 bridgehead atoms. The van der Waals surface area contributed by atoms with Crippen LogP contribution < -0.4 is 5.73 Å². The van der Waals surface area contributed by atoms with E-state index in [9.17, 15) is 0 Å². The summed E-state index contributed by atoms with van der Waals surface area (Å²) in [5.41, 5.74) is 11.1. The second kappa shape index (κ2) is 8.99. The summed E-state index contributed by atoms with van der Waals surface area (Å²) in [4.78, 5) is 4.21. The van der Waals surface area contributed by atoms with E-state index in [1.165, 1.54) is 5.56 Å². The van der Waals surface area contributed by atoms with E-state index in [0.29, 0.717) is 18.1 Å². The molecule has 0 spiro atoms. The molecule has 0 saturated carbocycles. The van der Waals surface area contributed by atoms with Crippen LogP contribution in [-0.4, -0.2) is 16.5 Å². The molecular formula is C23H28N4. The zero-order valence-electron chi connectivity index (χ0n) is 16.4. The molecule has 0 aliphatic carbocycles. The van der Waals surface area contributed by atoms with Gasteiger partial charge in [-0.05, 0) is 31.7 Å². The Bertz CT molecular complexity index is 898. The van der Waals surface area contributed by atoms with Crippen molar-refractivity contribution in [2.24, 2.45) is 10.7 Å². The first-order valence-corrected chi connectivity index (χ1v) is 8.96. The number of nitrogens with zero attached hydrogens (tertiary/aromatic N) is 3. The van der Waals surface area contributed by atoms with Gasteiger partial charge < -0.3 is 5.73 Å². The number of rotatable bonds is 8. The average molecular weight is 361 g/mol. The van der Waals surface area contributed by atoms with Crippen molar-refractivity contribution in [1.82, 2.24) is 9.78 Å². The van der Waals surface area contributed by atoms with Crippen LogP contribution in [0, 0.1) is 0 Å². The second-order valence-electron chi connectivity index (χ2n) is 6.65. The third-order valence-electron chi connectivity index (χ3n) is 4.34. The molecule has 1 atom stereocenters.